The Hall–Kier alpha value is -3.30. The summed E-state index contributed by atoms with van der Waals surface area (Å²) in [6.45, 7) is 3.94. The lowest BCUT2D eigenvalue weighted by Gasteiger charge is -2.32. The number of aromatic nitrogens is 5. The molecule has 0 aromatic carbocycles. The molecule has 3 aromatic rings. The van der Waals surface area contributed by atoms with Gasteiger partial charge in [0, 0.05) is 19.0 Å². The molecule has 29 heavy (non-hydrogen) atoms. The number of amides is 1. The van der Waals surface area contributed by atoms with Crippen molar-refractivity contribution in [2.75, 3.05) is 13.1 Å². The number of carbonyl (C=O) groups excluding carboxylic acids is 1. The first-order valence-electron chi connectivity index (χ1n) is 8.93. The van der Waals surface area contributed by atoms with Gasteiger partial charge in [-0.05, 0) is 32.0 Å². The van der Waals surface area contributed by atoms with E-state index in [4.69, 9.17) is 0 Å². The van der Waals surface area contributed by atoms with Crippen LogP contribution in [0.15, 0.2) is 36.2 Å². The minimum absolute atomic E-state index is 0.0740. The number of halogens is 3. The summed E-state index contributed by atoms with van der Waals surface area (Å²) in [6, 6.07) is 3.83. The van der Waals surface area contributed by atoms with E-state index in [-0.39, 0.29) is 35.5 Å². The minimum atomic E-state index is -2.76. The zero-order chi connectivity index (χ0) is 20.7. The van der Waals surface area contributed by atoms with Gasteiger partial charge >= 0.3 is 0 Å². The summed E-state index contributed by atoms with van der Waals surface area (Å²) < 4.78 is 41.5. The highest BCUT2D eigenvalue weighted by Gasteiger charge is 2.29. The molecule has 0 N–H and O–H groups in total. The van der Waals surface area contributed by atoms with Crippen molar-refractivity contribution in [2.24, 2.45) is 0 Å². The first-order chi connectivity index (χ1) is 13.8. The molecule has 0 saturated heterocycles. The van der Waals surface area contributed by atoms with Crippen LogP contribution in [0.4, 0.5) is 13.2 Å². The standard InChI is InChI=1S/C19H17F3N6O/c1-10-5-6-27(18(29)14-4-3-13(20)11(2)25-14)8-12(10)16-7-15(17(21)22)26-19-23-9-24-28(16)19/h3-5,7,9,12,17H,6,8H2,1-2H3/t12-/m1/s1. The molecule has 1 atom stereocenters. The number of carbonyl (C=O) groups is 1. The third-order valence-corrected chi connectivity index (χ3v) is 4.99. The number of aryl methyl sites for hydroxylation is 1. The second-order valence-corrected chi connectivity index (χ2v) is 6.85. The topological polar surface area (TPSA) is 76.3 Å². The molecule has 0 bridgehead atoms. The Balaban J connectivity index is 1.70. The molecule has 150 valence electrons. The third-order valence-electron chi connectivity index (χ3n) is 4.99. The van der Waals surface area contributed by atoms with E-state index in [1.807, 2.05) is 13.0 Å². The highest BCUT2D eigenvalue weighted by Crippen LogP contribution is 2.31. The monoisotopic (exact) mass is 402 g/mol. The summed E-state index contributed by atoms with van der Waals surface area (Å²) in [7, 11) is 0. The number of pyridine rings is 1. The molecule has 0 unspecified atom stereocenters. The molecule has 1 amide bonds. The largest absolute Gasteiger partial charge is 0.333 e. The number of rotatable bonds is 3. The molecule has 0 spiro atoms. The van der Waals surface area contributed by atoms with Crippen LogP contribution >= 0.6 is 0 Å². The van der Waals surface area contributed by atoms with Gasteiger partial charge in [-0.3, -0.25) is 4.79 Å². The molecule has 0 saturated carbocycles. The first kappa shape index (κ1) is 19.0. The van der Waals surface area contributed by atoms with Gasteiger partial charge in [0.15, 0.2) is 0 Å². The fourth-order valence-corrected chi connectivity index (χ4v) is 3.37. The smallest absolute Gasteiger partial charge is 0.280 e. The molecule has 4 rings (SSSR count). The van der Waals surface area contributed by atoms with E-state index in [1.165, 1.54) is 36.0 Å². The quantitative estimate of drug-likeness (QED) is 0.630. The second-order valence-electron chi connectivity index (χ2n) is 6.85. The van der Waals surface area contributed by atoms with E-state index < -0.39 is 17.9 Å². The van der Waals surface area contributed by atoms with Crippen LogP contribution in [0.2, 0.25) is 0 Å². The van der Waals surface area contributed by atoms with E-state index in [9.17, 15) is 18.0 Å². The van der Waals surface area contributed by atoms with Gasteiger partial charge < -0.3 is 4.90 Å². The number of fused-ring (bicyclic) bond motifs is 1. The molecule has 0 fully saturated rings. The molecule has 7 nitrogen and oxygen atoms in total. The lowest BCUT2D eigenvalue weighted by molar-refractivity contribution is 0.0753. The van der Waals surface area contributed by atoms with Crippen molar-refractivity contribution in [3.8, 4) is 0 Å². The van der Waals surface area contributed by atoms with Crippen LogP contribution in [0.3, 0.4) is 0 Å². The molecule has 1 aliphatic heterocycles. The van der Waals surface area contributed by atoms with Gasteiger partial charge in [0.1, 0.15) is 23.5 Å². The van der Waals surface area contributed by atoms with Crippen molar-refractivity contribution < 1.29 is 18.0 Å². The van der Waals surface area contributed by atoms with Crippen LogP contribution in [-0.4, -0.2) is 48.5 Å². The molecule has 0 radical (unpaired) electrons. The second kappa shape index (κ2) is 7.26. The summed E-state index contributed by atoms with van der Waals surface area (Å²) in [5, 5.41) is 4.09. The van der Waals surface area contributed by atoms with E-state index in [1.54, 1.807) is 4.90 Å². The molecule has 0 aliphatic carbocycles. The van der Waals surface area contributed by atoms with Crippen molar-refractivity contribution >= 4 is 11.7 Å². The van der Waals surface area contributed by atoms with Gasteiger partial charge in [-0.15, -0.1) is 0 Å². The number of hydrogen-bond donors (Lipinski definition) is 0. The average Bonchev–Trinajstić information content (AvgIpc) is 3.18. The van der Waals surface area contributed by atoms with E-state index in [2.05, 4.69) is 20.1 Å². The summed E-state index contributed by atoms with van der Waals surface area (Å²) in [5.41, 5.74) is 1.26. The Bertz CT molecular complexity index is 1130. The van der Waals surface area contributed by atoms with Crippen LogP contribution in [-0.2, 0) is 0 Å². The zero-order valence-corrected chi connectivity index (χ0v) is 15.7. The lowest BCUT2D eigenvalue weighted by Crippen LogP contribution is -2.39. The molecular weight excluding hydrogens is 385 g/mol. The van der Waals surface area contributed by atoms with Crippen molar-refractivity contribution in [3.05, 3.63) is 64.8 Å². The fraction of sp³-hybridized carbons (Fsp3) is 0.316. The lowest BCUT2D eigenvalue weighted by atomic mass is 9.92. The maximum absolute atomic E-state index is 13.5. The van der Waals surface area contributed by atoms with Crippen LogP contribution in [0.5, 0.6) is 0 Å². The maximum Gasteiger partial charge on any atom is 0.280 e. The van der Waals surface area contributed by atoms with Crippen LogP contribution in [0, 0.1) is 12.7 Å². The summed E-state index contributed by atoms with van der Waals surface area (Å²) >= 11 is 0. The van der Waals surface area contributed by atoms with Crippen LogP contribution in [0.1, 0.15) is 46.8 Å². The predicted octanol–water partition coefficient (Wildman–Crippen LogP) is 3.09. The first-order valence-corrected chi connectivity index (χ1v) is 8.93. The highest BCUT2D eigenvalue weighted by atomic mass is 19.3. The SMILES string of the molecule is CC1=CCN(C(=O)c2ccc(F)c(C)n2)C[C@H]1c1cc(C(F)F)nc2ncnn12. The molecule has 3 aromatic heterocycles. The highest BCUT2D eigenvalue weighted by molar-refractivity contribution is 5.92. The molecule has 4 heterocycles. The van der Waals surface area contributed by atoms with Gasteiger partial charge in [-0.1, -0.05) is 11.6 Å². The summed E-state index contributed by atoms with van der Waals surface area (Å²) in [6.07, 6.45) is 0.345. The molecular formula is C19H17F3N6O. The van der Waals surface area contributed by atoms with Crippen molar-refractivity contribution in [1.29, 1.82) is 0 Å². The Kier molecular flexibility index (Phi) is 4.77. The van der Waals surface area contributed by atoms with Crippen molar-refractivity contribution in [1.82, 2.24) is 29.5 Å². The Morgan fingerprint density at radius 1 is 1.24 bits per heavy atom. The van der Waals surface area contributed by atoms with E-state index in [0.717, 1.165) is 5.57 Å². The Labute approximate surface area is 163 Å². The van der Waals surface area contributed by atoms with Crippen LogP contribution < -0.4 is 0 Å². The average molecular weight is 402 g/mol. The van der Waals surface area contributed by atoms with Crippen LogP contribution in [0.25, 0.3) is 5.78 Å². The Morgan fingerprint density at radius 3 is 2.76 bits per heavy atom. The summed E-state index contributed by atoms with van der Waals surface area (Å²) in [5.74, 6) is -1.15. The molecule has 1 aliphatic rings. The number of alkyl halides is 2. The number of nitrogens with zero attached hydrogens (tertiary/aromatic N) is 6. The van der Waals surface area contributed by atoms with E-state index >= 15 is 0 Å². The third kappa shape index (κ3) is 3.45. The Morgan fingerprint density at radius 2 is 2.03 bits per heavy atom. The van der Waals surface area contributed by atoms with Gasteiger partial charge in [-0.25, -0.2) is 27.7 Å². The van der Waals surface area contributed by atoms with Gasteiger partial charge in [0.2, 0.25) is 0 Å². The van der Waals surface area contributed by atoms with Gasteiger partial charge in [0.25, 0.3) is 18.1 Å². The van der Waals surface area contributed by atoms with Gasteiger partial charge in [-0.2, -0.15) is 10.1 Å². The predicted molar refractivity (Wildman–Crippen MR) is 97.1 cm³/mol. The number of hydrogen-bond acceptors (Lipinski definition) is 5. The van der Waals surface area contributed by atoms with Gasteiger partial charge in [0.05, 0.1) is 11.4 Å². The normalized spacial score (nSPS) is 17.1. The minimum Gasteiger partial charge on any atom is -0.333 e. The van der Waals surface area contributed by atoms with E-state index in [0.29, 0.717) is 12.2 Å². The van der Waals surface area contributed by atoms with Crippen molar-refractivity contribution in [3.63, 3.8) is 0 Å². The zero-order valence-electron chi connectivity index (χ0n) is 15.7. The summed E-state index contributed by atoms with van der Waals surface area (Å²) in [4.78, 5) is 26.2. The maximum atomic E-state index is 13.5. The fourth-order valence-electron chi connectivity index (χ4n) is 3.37. The molecule has 10 heteroatoms. The van der Waals surface area contributed by atoms with Crippen molar-refractivity contribution in [2.45, 2.75) is 26.2 Å².